The van der Waals surface area contributed by atoms with E-state index in [0.717, 1.165) is 23.5 Å². The first-order valence-corrected chi connectivity index (χ1v) is 10.9. The number of methoxy groups -OCH3 is 1. The third-order valence-corrected chi connectivity index (χ3v) is 7.78. The molecule has 174 valence electrons. The minimum absolute atomic E-state index is 0.128. The van der Waals surface area contributed by atoms with E-state index in [4.69, 9.17) is 18.9 Å². The lowest BCUT2D eigenvalue weighted by Gasteiger charge is -2.57. The highest BCUT2D eigenvalue weighted by atomic mass is 16.7. The second-order valence-corrected chi connectivity index (χ2v) is 9.83. The van der Waals surface area contributed by atoms with E-state index in [1.165, 1.54) is 0 Å². The largest absolute Gasteiger partial charge is 0.497 e. The van der Waals surface area contributed by atoms with Crippen LogP contribution in [0.1, 0.15) is 39.2 Å². The van der Waals surface area contributed by atoms with Gasteiger partial charge in [0.05, 0.1) is 26.4 Å². The average Bonchev–Trinajstić information content (AvgIpc) is 2.75. The molecule has 31 heavy (non-hydrogen) atoms. The molecule has 1 aromatic rings. The van der Waals surface area contributed by atoms with Crippen LogP contribution in [0.4, 0.5) is 0 Å². The summed E-state index contributed by atoms with van der Waals surface area (Å²) >= 11 is 0. The van der Waals surface area contributed by atoms with Crippen LogP contribution in [0.2, 0.25) is 0 Å². The van der Waals surface area contributed by atoms with E-state index in [0.29, 0.717) is 13.0 Å². The number of fused-ring (bicyclic) bond motifs is 3. The van der Waals surface area contributed by atoms with Gasteiger partial charge in [0.1, 0.15) is 35.9 Å². The monoisotopic (exact) mass is 438 g/mol. The molecule has 1 saturated carbocycles. The van der Waals surface area contributed by atoms with Crippen LogP contribution in [0.25, 0.3) is 0 Å². The van der Waals surface area contributed by atoms with E-state index in [1.807, 2.05) is 12.1 Å². The maximum Gasteiger partial charge on any atom is 0.186 e. The predicted octanol–water partition coefficient (Wildman–Crippen LogP) is 0.967. The SMILES string of the molecule is COc1ccc2c(c1)[C@@]1(C)CC[C@H](O[C@@H]3O[C@H](CO)[C@@H](O)[C@H](O)[C@H]3O)C(C)(C)[C@H]1CO2. The number of hydrogen-bond acceptors (Lipinski definition) is 8. The average molecular weight is 439 g/mol. The maximum atomic E-state index is 10.4. The van der Waals surface area contributed by atoms with Gasteiger partial charge in [-0.05, 0) is 36.5 Å². The first-order valence-electron chi connectivity index (χ1n) is 10.9. The molecule has 1 saturated heterocycles. The van der Waals surface area contributed by atoms with Crippen molar-refractivity contribution >= 4 is 0 Å². The van der Waals surface area contributed by atoms with Crippen molar-refractivity contribution in [1.29, 1.82) is 0 Å². The Bertz CT molecular complexity index is 796. The molecule has 0 radical (unpaired) electrons. The molecule has 4 N–H and O–H groups in total. The summed E-state index contributed by atoms with van der Waals surface area (Å²) in [5, 5.41) is 40.0. The van der Waals surface area contributed by atoms with Gasteiger partial charge in [-0.1, -0.05) is 20.8 Å². The van der Waals surface area contributed by atoms with Crippen LogP contribution >= 0.6 is 0 Å². The summed E-state index contributed by atoms with van der Waals surface area (Å²) in [5.41, 5.74) is 0.649. The molecule has 0 aromatic heterocycles. The van der Waals surface area contributed by atoms with Crippen molar-refractivity contribution in [1.82, 2.24) is 0 Å². The molecule has 4 rings (SSSR count). The minimum Gasteiger partial charge on any atom is -0.497 e. The smallest absolute Gasteiger partial charge is 0.186 e. The Morgan fingerprint density at radius 1 is 1.10 bits per heavy atom. The number of benzene rings is 1. The van der Waals surface area contributed by atoms with Crippen LogP contribution in [0.3, 0.4) is 0 Å². The molecule has 8 heteroatoms. The lowest BCUT2D eigenvalue weighted by Crippen LogP contribution is -2.62. The molecule has 0 spiro atoms. The molecule has 0 unspecified atom stereocenters. The van der Waals surface area contributed by atoms with Gasteiger partial charge < -0.3 is 39.4 Å². The van der Waals surface area contributed by atoms with Crippen molar-refractivity contribution < 1.29 is 39.4 Å². The van der Waals surface area contributed by atoms with E-state index in [1.54, 1.807) is 7.11 Å². The van der Waals surface area contributed by atoms with Crippen molar-refractivity contribution in [3.63, 3.8) is 0 Å². The van der Waals surface area contributed by atoms with Crippen molar-refractivity contribution in [3.8, 4) is 11.5 Å². The van der Waals surface area contributed by atoms with E-state index in [2.05, 4.69) is 26.8 Å². The van der Waals surface area contributed by atoms with Crippen LogP contribution in [0, 0.1) is 11.3 Å². The summed E-state index contributed by atoms with van der Waals surface area (Å²) in [6, 6.07) is 5.91. The molecule has 0 amide bonds. The third kappa shape index (κ3) is 3.63. The fraction of sp³-hybridized carbons (Fsp3) is 0.739. The number of aliphatic hydroxyl groups is 4. The Kier molecular flexibility index (Phi) is 6.00. The highest BCUT2D eigenvalue weighted by Gasteiger charge is 2.57. The van der Waals surface area contributed by atoms with Crippen molar-refractivity contribution in [3.05, 3.63) is 23.8 Å². The number of hydrogen-bond donors (Lipinski definition) is 4. The molecule has 8 nitrogen and oxygen atoms in total. The van der Waals surface area contributed by atoms with Crippen molar-refractivity contribution in [2.75, 3.05) is 20.3 Å². The summed E-state index contributed by atoms with van der Waals surface area (Å²) in [6.45, 7) is 6.56. The quantitative estimate of drug-likeness (QED) is 0.549. The third-order valence-electron chi connectivity index (χ3n) is 7.78. The van der Waals surface area contributed by atoms with Gasteiger partial charge in [0, 0.05) is 16.9 Å². The summed E-state index contributed by atoms with van der Waals surface area (Å²) in [7, 11) is 1.65. The Morgan fingerprint density at radius 3 is 2.52 bits per heavy atom. The zero-order chi connectivity index (χ0) is 22.6. The molecular weight excluding hydrogens is 404 g/mol. The molecule has 2 fully saturated rings. The summed E-state index contributed by atoms with van der Waals surface area (Å²) in [6.07, 6.45) is -5.11. The highest BCUT2D eigenvalue weighted by molar-refractivity contribution is 5.47. The van der Waals surface area contributed by atoms with Gasteiger partial charge >= 0.3 is 0 Å². The van der Waals surface area contributed by atoms with Gasteiger partial charge in [0.25, 0.3) is 0 Å². The Balaban J connectivity index is 1.58. The summed E-state index contributed by atoms with van der Waals surface area (Å²) < 4.78 is 23.4. The van der Waals surface area contributed by atoms with Gasteiger partial charge in [-0.2, -0.15) is 0 Å². The van der Waals surface area contributed by atoms with Gasteiger partial charge in [-0.15, -0.1) is 0 Å². The Morgan fingerprint density at radius 2 is 1.84 bits per heavy atom. The van der Waals surface area contributed by atoms with Gasteiger partial charge in [-0.3, -0.25) is 0 Å². The topological polar surface area (TPSA) is 118 Å². The second kappa shape index (κ2) is 8.17. The van der Waals surface area contributed by atoms with Gasteiger partial charge in [0.2, 0.25) is 0 Å². The zero-order valence-electron chi connectivity index (χ0n) is 18.5. The van der Waals surface area contributed by atoms with E-state index >= 15 is 0 Å². The van der Waals surface area contributed by atoms with E-state index < -0.39 is 37.3 Å². The lowest BCUT2D eigenvalue weighted by atomic mass is 9.52. The molecule has 1 aromatic carbocycles. The first kappa shape index (κ1) is 22.8. The molecule has 3 aliphatic rings. The summed E-state index contributed by atoms with van der Waals surface area (Å²) in [4.78, 5) is 0. The molecule has 2 aliphatic heterocycles. The van der Waals surface area contributed by atoms with E-state index in [-0.39, 0.29) is 22.9 Å². The molecule has 2 heterocycles. The molecular formula is C23H34O8. The fourth-order valence-corrected chi connectivity index (χ4v) is 5.71. The van der Waals surface area contributed by atoms with Gasteiger partial charge in [0.15, 0.2) is 6.29 Å². The van der Waals surface area contributed by atoms with Crippen LogP contribution in [0.15, 0.2) is 18.2 Å². The predicted molar refractivity (Wildman–Crippen MR) is 111 cm³/mol. The Hall–Kier alpha value is -1.42. The molecule has 0 bridgehead atoms. The maximum absolute atomic E-state index is 10.4. The number of aliphatic hydroxyl groups excluding tert-OH is 4. The minimum atomic E-state index is -1.45. The second-order valence-electron chi connectivity index (χ2n) is 9.83. The van der Waals surface area contributed by atoms with Crippen LogP contribution in [-0.2, 0) is 14.9 Å². The number of rotatable bonds is 4. The Labute approximate surface area is 182 Å². The highest BCUT2D eigenvalue weighted by Crippen LogP contribution is 2.57. The zero-order valence-corrected chi connectivity index (χ0v) is 18.5. The van der Waals surface area contributed by atoms with Crippen LogP contribution < -0.4 is 9.47 Å². The fourth-order valence-electron chi connectivity index (χ4n) is 5.71. The van der Waals surface area contributed by atoms with Crippen molar-refractivity contribution in [2.24, 2.45) is 11.3 Å². The van der Waals surface area contributed by atoms with Crippen LogP contribution in [-0.4, -0.2) is 77.6 Å². The summed E-state index contributed by atoms with van der Waals surface area (Å²) in [5.74, 6) is 1.80. The van der Waals surface area contributed by atoms with Gasteiger partial charge in [-0.25, -0.2) is 0 Å². The van der Waals surface area contributed by atoms with Crippen molar-refractivity contribution in [2.45, 2.75) is 75.8 Å². The molecule has 8 atom stereocenters. The van der Waals surface area contributed by atoms with E-state index in [9.17, 15) is 20.4 Å². The molecule has 1 aliphatic carbocycles. The first-order chi connectivity index (χ1) is 14.6. The normalized spacial score (nSPS) is 41.6. The van der Waals surface area contributed by atoms with Crippen LogP contribution in [0.5, 0.6) is 11.5 Å². The standard InChI is InChI=1S/C23H34O8/c1-22(2)16-11-29-14-6-5-12(28-4)9-13(14)23(16,3)8-7-17(22)31-21-20(27)19(26)18(25)15(10-24)30-21/h5-6,9,15-21,24-27H,7-8,10-11H2,1-4H3/t15-,16-,17+,18-,19+,20-,21+,23-/m1/s1. The lowest BCUT2D eigenvalue weighted by molar-refractivity contribution is -0.325. The number of ether oxygens (including phenoxy) is 4.